The Morgan fingerprint density at radius 1 is 1.32 bits per heavy atom. The fraction of sp³-hybridized carbons (Fsp3) is 0.526. The SMILES string of the molecule is CN=C(NCc1nnc(C)n1C)NC1CCCN(c2ccc(F)cc2C)C1.I. The highest BCUT2D eigenvalue weighted by Gasteiger charge is 2.22. The van der Waals surface area contributed by atoms with Gasteiger partial charge in [-0.3, -0.25) is 4.99 Å². The lowest BCUT2D eigenvalue weighted by atomic mass is 10.0. The minimum atomic E-state index is -0.188. The Morgan fingerprint density at radius 2 is 2.11 bits per heavy atom. The van der Waals surface area contributed by atoms with E-state index in [0.29, 0.717) is 6.54 Å². The Balaban J connectivity index is 0.00000280. The lowest BCUT2D eigenvalue weighted by Gasteiger charge is -2.36. The Kier molecular flexibility index (Phi) is 8.02. The normalized spacial score (nSPS) is 17.2. The summed E-state index contributed by atoms with van der Waals surface area (Å²) in [5.41, 5.74) is 2.07. The molecule has 2 aromatic rings. The summed E-state index contributed by atoms with van der Waals surface area (Å²) < 4.78 is 15.4. The molecule has 0 saturated carbocycles. The molecule has 1 fully saturated rings. The van der Waals surface area contributed by atoms with Gasteiger partial charge in [-0.1, -0.05) is 0 Å². The average molecular weight is 501 g/mol. The van der Waals surface area contributed by atoms with E-state index in [2.05, 4.69) is 30.7 Å². The molecule has 0 amide bonds. The van der Waals surface area contributed by atoms with Crippen LogP contribution in [-0.4, -0.2) is 46.9 Å². The maximum absolute atomic E-state index is 13.4. The van der Waals surface area contributed by atoms with Crippen molar-refractivity contribution < 1.29 is 4.39 Å². The number of guanidine groups is 1. The van der Waals surface area contributed by atoms with E-state index in [-0.39, 0.29) is 35.8 Å². The van der Waals surface area contributed by atoms with Crippen LogP contribution in [0.15, 0.2) is 23.2 Å². The molecule has 9 heteroatoms. The van der Waals surface area contributed by atoms with E-state index < -0.39 is 0 Å². The molecule has 1 aromatic carbocycles. The first-order valence-electron chi connectivity index (χ1n) is 9.31. The molecular weight excluding hydrogens is 472 g/mol. The number of hydrogen-bond donors (Lipinski definition) is 2. The third-order valence-electron chi connectivity index (χ3n) is 5.08. The van der Waals surface area contributed by atoms with Crippen LogP contribution in [0.25, 0.3) is 0 Å². The molecule has 1 aliphatic rings. The summed E-state index contributed by atoms with van der Waals surface area (Å²) in [6.07, 6.45) is 2.15. The first-order valence-corrected chi connectivity index (χ1v) is 9.31. The number of nitrogens with one attached hydrogen (secondary N) is 2. The van der Waals surface area contributed by atoms with Crippen molar-refractivity contribution >= 4 is 35.6 Å². The highest BCUT2D eigenvalue weighted by atomic mass is 127. The Hall–Kier alpha value is -1.91. The molecule has 7 nitrogen and oxygen atoms in total. The van der Waals surface area contributed by atoms with Gasteiger partial charge >= 0.3 is 0 Å². The van der Waals surface area contributed by atoms with Crippen molar-refractivity contribution in [1.29, 1.82) is 0 Å². The fourth-order valence-electron chi connectivity index (χ4n) is 3.44. The van der Waals surface area contributed by atoms with Crippen molar-refractivity contribution in [2.75, 3.05) is 25.0 Å². The smallest absolute Gasteiger partial charge is 0.191 e. The first-order chi connectivity index (χ1) is 13.0. The van der Waals surface area contributed by atoms with Crippen LogP contribution in [0.1, 0.15) is 30.1 Å². The van der Waals surface area contributed by atoms with E-state index in [0.717, 1.165) is 54.8 Å². The van der Waals surface area contributed by atoms with Crippen molar-refractivity contribution in [3.63, 3.8) is 0 Å². The minimum Gasteiger partial charge on any atom is -0.369 e. The quantitative estimate of drug-likeness (QED) is 0.383. The van der Waals surface area contributed by atoms with Gasteiger partial charge in [-0.2, -0.15) is 0 Å². The van der Waals surface area contributed by atoms with Crippen LogP contribution in [0.5, 0.6) is 0 Å². The van der Waals surface area contributed by atoms with Crippen LogP contribution in [0.4, 0.5) is 10.1 Å². The van der Waals surface area contributed by atoms with Gasteiger partial charge in [-0.15, -0.1) is 34.2 Å². The van der Waals surface area contributed by atoms with Crippen molar-refractivity contribution in [1.82, 2.24) is 25.4 Å². The molecule has 1 saturated heterocycles. The summed E-state index contributed by atoms with van der Waals surface area (Å²) in [7, 11) is 3.72. The average Bonchev–Trinajstić information content (AvgIpc) is 2.97. The molecule has 0 aliphatic carbocycles. The van der Waals surface area contributed by atoms with Gasteiger partial charge in [-0.25, -0.2) is 4.39 Å². The van der Waals surface area contributed by atoms with Gasteiger partial charge < -0.3 is 20.1 Å². The van der Waals surface area contributed by atoms with E-state index in [1.165, 1.54) is 6.07 Å². The van der Waals surface area contributed by atoms with E-state index in [4.69, 9.17) is 0 Å². The van der Waals surface area contributed by atoms with E-state index >= 15 is 0 Å². The standard InChI is InChI=1S/C19H28FN7.HI/c1-13-10-15(20)7-8-17(13)27-9-5-6-16(12-27)23-19(21-3)22-11-18-25-24-14(2)26(18)4;/h7-8,10,16H,5-6,9,11-12H2,1-4H3,(H2,21,22,23);1H. The van der Waals surface area contributed by atoms with Crippen LogP contribution in [0.3, 0.4) is 0 Å². The summed E-state index contributed by atoms with van der Waals surface area (Å²) in [6, 6.07) is 5.27. The van der Waals surface area contributed by atoms with Crippen LogP contribution in [-0.2, 0) is 13.6 Å². The van der Waals surface area contributed by atoms with Gasteiger partial charge in [0.05, 0.1) is 6.54 Å². The Morgan fingerprint density at radius 3 is 2.75 bits per heavy atom. The number of nitrogens with zero attached hydrogens (tertiary/aromatic N) is 5. The predicted molar refractivity (Wildman–Crippen MR) is 121 cm³/mol. The Bertz CT molecular complexity index is 821. The Labute approximate surface area is 182 Å². The van der Waals surface area contributed by atoms with Gasteiger partial charge in [0.2, 0.25) is 0 Å². The largest absolute Gasteiger partial charge is 0.369 e. The molecule has 154 valence electrons. The lowest BCUT2D eigenvalue weighted by molar-refractivity contribution is 0.467. The number of halogens is 2. The van der Waals surface area contributed by atoms with Gasteiger partial charge in [0.25, 0.3) is 0 Å². The van der Waals surface area contributed by atoms with Crippen molar-refractivity contribution in [3.05, 3.63) is 41.2 Å². The number of aromatic nitrogens is 3. The maximum Gasteiger partial charge on any atom is 0.191 e. The summed E-state index contributed by atoms with van der Waals surface area (Å²) >= 11 is 0. The monoisotopic (exact) mass is 501 g/mol. The van der Waals surface area contributed by atoms with E-state index in [1.807, 2.05) is 31.5 Å². The topological polar surface area (TPSA) is 70.4 Å². The molecular formula is C19H29FIN7. The number of benzene rings is 1. The van der Waals surface area contributed by atoms with Gasteiger partial charge in [0, 0.05) is 38.9 Å². The molecule has 3 rings (SSSR count). The number of anilines is 1. The van der Waals surface area contributed by atoms with Crippen LogP contribution >= 0.6 is 24.0 Å². The molecule has 0 spiro atoms. The third kappa shape index (κ3) is 5.33. The second-order valence-corrected chi connectivity index (χ2v) is 7.01. The van der Waals surface area contributed by atoms with Crippen molar-refractivity contribution in [2.45, 2.75) is 39.3 Å². The zero-order valence-corrected chi connectivity index (χ0v) is 19.2. The van der Waals surface area contributed by atoms with Crippen LogP contribution in [0, 0.1) is 19.7 Å². The summed E-state index contributed by atoms with van der Waals surface area (Å²) in [6.45, 7) is 6.28. The van der Waals surface area contributed by atoms with Crippen molar-refractivity contribution in [3.8, 4) is 0 Å². The molecule has 2 N–H and O–H groups in total. The molecule has 2 heterocycles. The molecule has 28 heavy (non-hydrogen) atoms. The van der Waals surface area contributed by atoms with E-state index in [1.54, 1.807) is 13.1 Å². The molecule has 1 aliphatic heterocycles. The third-order valence-corrected chi connectivity index (χ3v) is 5.08. The fourth-order valence-corrected chi connectivity index (χ4v) is 3.44. The maximum atomic E-state index is 13.4. The molecule has 0 bridgehead atoms. The van der Waals surface area contributed by atoms with Gasteiger partial charge in [0.15, 0.2) is 11.8 Å². The van der Waals surface area contributed by atoms with Crippen molar-refractivity contribution in [2.24, 2.45) is 12.0 Å². The highest BCUT2D eigenvalue weighted by Crippen LogP contribution is 2.24. The zero-order chi connectivity index (χ0) is 19.4. The van der Waals surface area contributed by atoms with Crippen LogP contribution < -0.4 is 15.5 Å². The number of hydrogen-bond acceptors (Lipinski definition) is 4. The number of piperidine rings is 1. The zero-order valence-electron chi connectivity index (χ0n) is 16.9. The summed E-state index contributed by atoms with van der Waals surface area (Å²) in [4.78, 5) is 6.64. The highest BCUT2D eigenvalue weighted by molar-refractivity contribution is 14.0. The lowest BCUT2D eigenvalue weighted by Crippen LogP contribution is -2.51. The molecule has 1 unspecified atom stereocenters. The number of aliphatic imine (C=N–C) groups is 1. The summed E-state index contributed by atoms with van der Waals surface area (Å²) in [5.74, 6) is 2.31. The molecule has 1 aromatic heterocycles. The van der Waals surface area contributed by atoms with E-state index in [9.17, 15) is 4.39 Å². The number of rotatable bonds is 4. The molecule has 1 atom stereocenters. The van der Waals surface area contributed by atoms with Gasteiger partial charge in [-0.05, 0) is 50.5 Å². The minimum absolute atomic E-state index is 0. The van der Waals surface area contributed by atoms with Crippen LogP contribution in [0.2, 0.25) is 0 Å². The molecule has 0 radical (unpaired) electrons. The second kappa shape index (κ2) is 10.0. The summed E-state index contributed by atoms with van der Waals surface area (Å²) in [5, 5.41) is 15.0. The number of aryl methyl sites for hydroxylation is 2. The first kappa shape index (κ1) is 22.4. The van der Waals surface area contributed by atoms with Gasteiger partial charge in [0.1, 0.15) is 11.6 Å². The predicted octanol–water partition coefficient (Wildman–Crippen LogP) is 2.52. The second-order valence-electron chi connectivity index (χ2n) is 7.01.